The first kappa shape index (κ1) is 40.0. The van der Waals surface area contributed by atoms with Gasteiger partial charge < -0.3 is 40.0 Å². The molecule has 2 aromatic heterocycles. The van der Waals surface area contributed by atoms with Gasteiger partial charge in [-0.2, -0.15) is 0 Å². The van der Waals surface area contributed by atoms with E-state index in [0.29, 0.717) is 42.5 Å². The molecule has 15 nitrogen and oxygen atoms in total. The van der Waals surface area contributed by atoms with Crippen molar-refractivity contribution in [2.75, 3.05) is 27.2 Å². The lowest BCUT2D eigenvalue weighted by Crippen LogP contribution is -2.51. The Morgan fingerprint density at radius 2 is 1.39 bits per heavy atom. The molecule has 15 heteroatoms. The summed E-state index contributed by atoms with van der Waals surface area (Å²) < 4.78 is 4.75. The fourth-order valence-electron chi connectivity index (χ4n) is 7.95. The van der Waals surface area contributed by atoms with Gasteiger partial charge in [-0.05, 0) is 54.2 Å². The molecule has 2 aliphatic rings. The summed E-state index contributed by atoms with van der Waals surface area (Å²) in [6.07, 6.45) is 3.09. The Labute approximate surface area is 326 Å². The lowest BCUT2D eigenvalue weighted by molar-refractivity contribution is -0.138. The number of aliphatic hydroxyl groups excluding tert-OH is 1. The van der Waals surface area contributed by atoms with E-state index in [-0.39, 0.29) is 42.3 Å². The molecule has 2 aromatic carbocycles. The molecule has 4 atom stereocenters. The highest BCUT2D eigenvalue weighted by Crippen LogP contribution is 2.36. The molecule has 2 aliphatic heterocycles. The minimum absolute atomic E-state index is 0.118. The van der Waals surface area contributed by atoms with Gasteiger partial charge in [0.15, 0.2) is 0 Å². The highest BCUT2D eigenvalue weighted by molar-refractivity contribution is 5.87. The standard InChI is InChI=1S/C41H52N8O7/c1-23(2)33(46-40(53)56-6)38(51)48-19-7-9-31(48)36-42-21-29(43-36)27-15-11-25(12-16-27)26-13-17-28(18-14-26)34-30(22-50)44-37(45-34)32-10-8-20-49(32)39(52)35(24(3)4)47(5)41(54)55/h11-18,21,23-24,31-33,35,50H,7-10,19-20,22H2,1-6H3,(H,42,43)(H,44,45)(H,46,53)(H,54,55)/t31?,32-,33-,35-/m0/s1. The number of aliphatic hydroxyl groups is 1. The van der Waals surface area contributed by atoms with Crippen LogP contribution < -0.4 is 5.32 Å². The van der Waals surface area contributed by atoms with Crippen LogP contribution in [0.3, 0.4) is 0 Å². The van der Waals surface area contributed by atoms with Crippen molar-refractivity contribution < 1.29 is 34.1 Å². The van der Waals surface area contributed by atoms with Crippen molar-refractivity contribution in [3.63, 3.8) is 0 Å². The number of likely N-dealkylation sites (tertiary alicyclic amines) is 2. The van der Waals surface area contributed by atoms with Crippen LogP contribution in [0.25, 0.3) is 33.6 Å². The van der Waals surface area contributed by atoms with E-state index in [1.807, 2.05) is 82.4 Å². The molecular formula is C41H52N8O7. The van der Waals surface area contributed by atoms with E-state index < -0.39 is 24.3 Å². The van der Waals surface area contributed by atoms with Gasteiger partial charge in [-0.1, -0.05) is 76.2 Å². The number of hydrogen-bond donors (Lipinski definition) is 5. The van der Waals surface area contributed by atoms with Crippen molar-refractivity contribution in [1.29, 1.82) is 0 Å². The second-order valence-electron chi connectivity index (χ2n) is 15.2. The normalized spacial score (nSPS) is 18.0. The number of carboxylic acid groups (broad SMARTS) is 1. The Morgan fingerprint density at radius 1 is 0.839 bits per heavy atom. The topological polar surface area (TPSA) is 197 Å². The van der Waals surface area contributed by atoms with Crippen LogP contribution in [0.4, 0.5) is 9.59 Å². The first-order valence-electron chi connectivity index (χ1n) is 19.2. The number of H-pyrrole nitrogens is 2. The van der Waals surface area contributed by atoms with Crippen LogP contribution in [-0.2, 0) is 20.9 Å². The van der Waals surface area contributed by atoms with E-state index in [1.165, 1.54) is 14.2 Å². The zero-order chi connectivity index (χ0) is 40.3. The number of ether oxygens (including phenoxy) is 1. The second-order valence-corrected chi connectivity index (χ2v) is 15.2. The molecule has 5 N–H and O–H groups in total. The van der Waals surface area contributed by atoms with Crippen molar-refractivity contribution in [3.05, 3.63) is 72.1 Å². The smallest absolute Gasteiger partial charge is 0.407 e. The lowest BCUT2D eigenvalue weighted by Gasteiger charge is -2.33. The van der Waals surface area contributed by atoms with E-state index in [2.05, 4.69) is 15.3 Å². The van der Waals surface area contributed by atoms with Gasteiger partial charge in [0.25, 0.3) is 0 Å². The monoisotopic (exact) mass is 768 g/mol. The number of alkyl carbamates (subject to hydrolysis) is 1. The van der Waals surface area contributed by atoms with Crippen LogP contribution in [0, 0.1) is 11.8 Å². The molecule has 4 aromatic rings. The van der Waals surface area contributed by atoms with Crippen molar-refractivity contribution in [3.8, 4) is 33.6 Å². The van der Waals surface area contributed by atoms with Crippen LogP contribution in [0.2, 0.25) is 0 Å². The number of aromatic nitrogens is 4. The number of rotatable bonds is 12. The maximum atomic E-state index is 13.7. The number of carbonyl (C=O) groups excluding carboxylic acids is 3. The number of hydrogen-bond acceptors (Lipinski definition) is 8. The van der Waals surface area contributed by atoms with Gasteiger partial charge in [0.2, 0.25) is 11.8 Å². The van der Waals surface area contributed by atoms with Crippen molar-refractivity contribution >= 4 is 24.0 Å². The molecule has 0 radical (unpaired) electrons. The van der Waals surface area contributed by atoms with E-state index >= 15 is 0 Å². The number of amides is 4. The number of nitrogens with one attached hydrogen (secondary N) is 3. The molecule has 56 heavy (non-hydrogen) atoms. The Balaban J connectivity index is 1.15. The maximum Gasteiger partial charge on any atom is 0.407 e. The fourth-order valence-corrected chi connectivity index (χ4v) is 7.95. The molecule has 4 heterocycles. The number of imidazole rings is 2. The Kier molecular flexibility index (Phi) is 12.1. The van der Waals surface area contributed by atoms with E-state index in [1.54, 1.807) is 9.80 Å². The average Bonchev–Trinajstić information content (AvgIpc) is 4.02. The molecule has 2 fully saturated rings. The van der Waals surface area contributed by atoms with Gasteiger partial charge in [0.05, 0.1) is 42.9 Å². The zero-order valence-corrected chi connectivity index (χ0v) is 32.8. The molecule has 0 saturated carbocycles. The van der Waals surface area contributed by atoms with Gasteiger partial charge in [-0.3, -0.25) is 14.5 Å². The first-order chi connectivity index (χ1) is 26.8. The minimum Gasteiger partial charge on any atom is -0.465 e. The third-order valence-electron chi connectivity index (χ3n) is 10.9. The largest absolute Gasteiger partial charge is 0.465 e. The lowest BCUT2D eigenvalue weighted by atomic mass is 10.0. The summed E-state index contributed by atoms with van der Waals surface area (Å²) in [5.74, 6) is 0.529. The van der Waals surface area contributed by atoms with Crippen LogP contribution in [0.1, 0.15) is 82.8 Å². The molecule has 0 aliphatic carbocycles. The van der Waals surface area contributed by atoms with Crippen LogP contribution in [0.15, 0.2) is 54.7 Å². The van der Waals surface area contributed by atoms with E-state index in [4.69, 9.17) is 14.7 Å². The van der Waals surface area contributed by atoms with Crippen molar-refractivity contribution in [2.45, 2.75) is 84.2 Å². The Hall–Kier alpha value is -5.70. The van der Waals surface area contributed by atoms with Gasteiger partial charge >= 0.3 is 12.2 Å². The van der Waals surface area contributed by atoms with Crippen LogP contribution >= 0.6 is 0 Å². The van der Waals surface area contributed by atoms with Gasteiger partial charge in [-0.25, -0.2) is 19.6 Å². The summed E-state index contributed by atoms with van der Waals surface area (Å²) in [7, 11) is 2.70. The SMILES string of the molecule is COC(=O)N[C@H](C(=O)N1CCCC1c1nc(-c2ccc(-c3ccc(-c4[nH]c([C@@H]5CCCN5C(=O)[C@H](C(C)C)N(C)C(=O)O)nc4CO)cc3)cc2)c[nH]1)C(C)C. The van der Waals surface area contributed by atoms with Crippen LogP contribution in [-0.4, -0.2) is 108 Å². The quantitative estimate of drug-likeness (QED) is 0.115. The molecule has 2 saturated heterocycles. The fraction of sp³-hybridized carbons (Fsp3) is 0.463. The molecule has 6 rings (SSSR count). The molecule has 298 valence electrons. The van der Waals surface area contributed by atoms with Gasteiger partial charge in [0, 0.05) is 31.9 Å². The number of nitrogens with zero attached hydrogens (tertiary/aromatic N) is 5. The molecule has 0 bridgehead atoms. The predicted octanol–water partition coefficient (Wildman–Crippen LogP) is 5.97. The first-order valence-corrected chi connectivity index (χ1v) is 19.2. The molecule has 0 spiro atoms. The Bertz CT molecular complexity index is 2020. The van der Waals surface area contributed by atoms with Gasteiger partial charge in [0.1, 0.15) is 23.7 Å². The zero-order valence-electron chi connectivity index (χ0n) is 32.8. The van der Waals surface area contributed by atoms with E-state index in [0.717, 1.165) is 52.1 Å². The average molecular weight is 769 g/mol. The summed E-state index contributed by atoms with van der Waals surface area (Å²) in [6, 6.07) is 13.9. The summed E-state index contributed by atoms with van der Waals surface area (Å²) in [5.41, 5.74) is 5.64. The minimum atomic E-state index is -1.16. The highest BCUT2D eigenvalue weighted by atomic mass is 16.5. The van der Waals surface area contributed by atoms with E-state index in [9.17, 15) is 29.4 Å². The third kappa shape index (κ3) is 8.13. The maximum absolute atomic E-state index is 13.7. The van der Waals surface area contributed by atoms with Crippen molar-refractivity contribution in [1.82, 2.24) is 40.0 Å². The number of likely N-dealkylation sites (N-methyl/N-ethyl adjacent to an activating group) is 1. The number of aromatic amines is 2. The van der Waals surface area contributed by atoms with Crippen LogP contribution in [0.5, 0.6) is 0 Å². The summed E-state index contributed by atoms with van der Waals surface area (Å²) in [6.45, 7) is 8.24. The highest BCUT2D eigenvalue weighted by Gasteiger charge is 2.40. The molecule has 1 unspecified atom stereocenters. The van der Waals surface area contributed by atoms with Gasteiger partial charge in [-0.15, -0.1) is 0 Å². The summed E-state index contributed by atoms with van der Waals surface area (Å²) >= 11 is 0. The predicted molar refractivity (Wildman–Crippen MR) is 209 cm³/mol. The summed E-state index contributed by atoms with van der Waals surface area (Å²) in [5, 5.41) is 22.6. The molecule has 4 amide bonds. The third-order valence-corrected chi connectivity index (χ3v) is 10.9. The van der Waals surface area contributed by atoms with Crippen molar-refractivity contribution in [2.24, 2.45) is 11.8 Å². The Morgan fingerprint density at radius 3 is 1.93 bits per heavy atom. The molecular weight excluding hydrogens is 716 g/mol. The number of carbonyl (C=O) groups is 4. The second kappa shape index (κ2) is 17.0. The number of benzene rings is 2. The summed E-state index contributed by atoms with van der Waals surface area (Å²) in [4.78, 5) is 71.8. The number of methoxy groups -OCH3 is 1.